The van der Waals surface area contributed by atoms with Crippen molar-refractivity contribution in [1.29, 1.82) is 0 Å². The molecular formula is C13H18F2N2O2S. The van der Waals surface area contributed by atoms with E-state index in [1.165, 1.54) is 6.07 Å². The first-order valence-electron chi connectivity index (χ1n) is 6.34. The number of benzene rings is 1. The molecule has 4 nitrogen and oxygen atoms in total. The Hall–Kier alpha value is -1.05. The highest BCUT2D eigenvalue weighted by molar-refractivity contribution is 7.90. The maximum atomic E-state index is 14.4. The van der Waals surface area contributed by atoms with Crippen LogP contribution in [-0.4, -0.2) is 39.7 Å². The molecule has 2 N–H and O–H groups in total. The van der Waals surface area contributed by atoms with Crippen LogP contribution in [0.15, 0.2) is 17.0 Å². The van der Waals surface area contributed by atoms with Crippen LogP contribution in [0.5, 0.6) is 0 Å². The minimum absolute atomic E-state index is 0.213. The zero-order chi connectivity index (χ0) is 15.1. The highest BCUT2D eigenvalue weighted by Gasteiger charge is 2.34. The van der Waals surface area contributed by atoms with Gasteiger partial charge in [0.15, 0.2) is 9.84 Å². The van der Waals surface area contributed by atoms with Gasteiger partial charge in [-0.3, -0.25) is 4.90 Å². The third kappa shape index (κ3) is 2.70. The van der Waals surface area contributed by atoms with Gasteiger partial charge in [-0.1, -0.05) is 6.07 Å². The van der Waals surface area contributed by atoms with Crippen LogP contribution >= 0.6 is 0 Å². The number of rotatable bonds is 3. The van der Waals surface area contributed by atoms with Crippen LogP contribution < -0.4 is 5.73 Å². The van der Waals surface area contributed by atoms with Crippen molar-refractivity contribution in [1.82, 2.24) is 4.90 Å². The average molecular weight is 304 g/mol. The summed E-state index contributed by atoms with van der Waals surface area (Å²) in [6.45, 7) is 1.20. The second-order valence-electron chi connectivity index (χ2n) is 5.34. The SMILES string of the molecule is CN1CC(CN)CC1c1ccc(F)c(S(C)(=O)=O)c1F. The van der Waals surface area contributed by atoms with E-state index in [-0.39, 0.29) is 17.5 Å². The molecule has 2 unspecified atom stereocenters. The van der Waals surface area contributed by atoms with E-state index < -0.39 is 26.4 Å². The quantitative estimate of drug-likeness (QED) is 0.915. The van der Waals surface area contributed by atoms with Gasteiger partial charge in [0.1, 0.15) is 16.5 Å². The highest BCUT2D eigenvalue weighted by atomic mass is 32.2. The first kappa shape index (κ1) is 15.3. The zero-order valence-electron chi connectivity index (χ0n) is 11.4. The van der Waals surface area contributed by atoms with Crippen molar-refractivity contribution in [3.63, 3.8) is 0 Å². The molecular weight excluding hydrogens is 286 g/mol. The van der Waals surface area contributed by atoms with E-state index in [0.29, 0.717) is 19.5 Å². The molecule has 7 heteroatoms. The molecule has 0 aliphatic carbocycles. The smallest absolute Gasteiger partial charge is 0.181 e. The Morgan fingerprint density at radius 2 is 2.05 bits per heavy atom. The topological polar surface area (TPSA) is 63.4 Å². The molecule has 1 heterocycles. The Morgan fingerprint density at radius 1 is 1.40 bits per heavy atom. The van der Waals surface area contributed by atoms with E-state index >= 15 is 0 Å². The van der Waals surface area contributed by atoms with Crippen molar-refractivity contribution in [3.05, 3.63) is 29.3 Å². The van der Waals surface area contributed by atoms with Crippen LogP contribution in [0, 0.1) is 17.6 Å². The third-order valence-electron chi connectivity index (χ3n) is 3.78. The number of nitrogens with zero attached hydrogens (tertiary/aromatic N) is 1. The second kappa shape index (κ2) is 5.38. The zero-order valence-corrected chi connectivity index (χ0v) is 12.3. The summed E-state index contributed by atoms with van der Waals surface area (Å²) in [4.78, 5) is 1.07. The molecule has 1 aromatic carbocycles. The Morgan fingerprint density at radius 3 is 2.55 bits per heavy atom. The van der Waals surface area contributed by atoms with Crippen molar-refractivity contribution in [2.45, 2.75) is 17.4 Å². The summed E-state index contributed by atoms with van der Waals surface area (Å²) in [6.07, 6.45) is 1.44. The Labute approximate surface area is 117 Å². The van der Waals surface area contributed by atoms with E-state index in [9.17, 15) is 17.2 Å². The lowest BCUT2D eigenvalue weighted by Gasteiger charge is -2.21. The van der Waals surface area contributed by atoms with Crippen LogP contribution in [0.25, 0.3) is 0 Å². The van der Waals surface area contributed by atoms with E-state index in [1.54, 1.807) is 0 Å². The van der Waals surface area contributed by atoms with Gasteiger partial charge in [0.2, 0.25) is 0 Å². The van der Waals surface area contributed by atoms with Crippen molar-refractivity contribution >= 4 is 9.84 Å². The van der Waals surface area contributed by atoms with Gasteiger partial charge in [0.25, 0.3) is 0 Å². The molecule has 0 saturated carbocycles. The predicted molar refractivity (Wildman–Crippen MR) is 72.0 cm³/mol. The Balaban J connectivity index is 2.50. The number of halogens is 2. The molecule has 20 heavy (non-hydrogen) atoms. The first-order chi connectivity index (χ1) is 9.25. The minimum atomic E-state index is -3.95. The van der Waals surface area contributed by atoms with Gasteiger partial charge in [-0.15, -0.1) is 0 Å². The normalized spacial score (nSPS) is 24.2. The maximum Gasteiger partial charge on any atom is 0.181 e. The summed E-state index contributed by atoms with van der Waals surface area (Å²) in [7, 11) is -2.12. The van der Waals surface area contributed by atoms with Gasteiger partial charge < -0.3 is 5.73 Å². The lowest BCUT2D eigenvalue weighted by molar-refractivity contribution is 0.304. The second-order valence-corrected chi connectivity index (χ2v) is 7.30. The lowest BCUT2D eigenvalue weighted by atomic mass is 9.99. The van der Waals surface area contributed by atoms with Crippen molar-refractivity contribution in [3.8, 4) is 0 Å². The van der Waals surface area contributed by atoms with E-state index in [1.807, 2.05) is 11.9 Å². The van der Waals surface area contributed by atoms with Gasteiger partial charge >= 0.3 is 0 Å². The Kier molecular flexibility index (Phi) is 4.13. The highest BCUT2D eigenvalue weighted by Crippen LogP contribution is 2.36. The van der Waals surface area contributed by atoms with Gasteiger partial charge in [0, 0.05) is 24.4 Å². The average Bonchev–Trinajstić information content (AvgIpc) is 2.69. The molecule has 0 bridgehead atoms. The van der Waals surface area contributed by atoms with Gasteiger partial charge in [-0.25, -0.2) is 17.2 Å². The van der Waals surface area contributed by atoms with Crippen molar-refractivity contribution < 1.29 is 17.2 Å². The van der Waals surface area contributed by atoms with Crippen LogP contribution in [0.1, 0.15) is 18.0 Å². The van der Waals surface area contributed by atoms with Crippen molar-refractivity contribution in [2.24, 2.45) is 11.7 Å². The van der Waals surface area contributed by atoms with Crippen molar-refractivity contribution in [2.75, 3.05) is 26.4 Å². The standard InChI is InChI=1S/C13H18F2N2O2S/c1-17-7-8(6-16)5-11(17)9-3-4-10(14)13(12(9)15)20(2,18)19/h3-4,8,11H,5-7,16H2,1-2H3. The summed E-state index contributed by atoms with van der Waals surface area (Å²) >= 11 is 0. The van der Waals surface area contributed by atoms with E-state index in [4.69, 9.17) is 5.73 Å². The Bertz CT molecular complexity index is 619. The predicted octanol–water partition coefficient (Wildman–Crippen LogP) is 1.32. The molecule has 0 spiro atoms. The molecule has 0 amide bonds. The summed E-state index contributed by atoms with van der Waals surface area (Å²) < 4.78 is 51.1. The fourth-order valence-corrected chi connectivity index (χ4v) is 3.65. The molecule has 1 fully saturated rings. The lowest BCUT2D eigenvalue weighted by Crippen LogP contribution is -2.21. The molecule has 1 saturated heterocycles. The van der Waals surface area contributed by atoms with Gasteiger partial charge in [-0.2, -0.15) is 0 Å². The number of hydrogen-bond donors (Lipinski definition) is 1. The number of sulfone groups is 1. The summed E-state index contributed by atoms with van der Waals surface area (Å²) in [5.41, 5.74) is 5.83. The van der Waals surface area contributed by atoms with Crippen LogP contribution in [0.4, 0.5) is 8.78 Å². The first-order valence-corrected chi connectivity index (χ1v) is 8.23. The van der Waals surface area contributed by atoms with E-state index in [0.717, 1.165) is 12.3 Å². The molecule has 112 valence electrons. The fourth-order valence-electron chi connectivity index (χ4n) is 2.78. The molecule has 2 atom stereocenters. The number of hydrogen-bond acceptors (Lipinski definition) is 4. The van der Waals surface area contributed by atoms with Gasteiger partial charge in [-0.05, 0) is 32.0 Å². The van der Waals surface area contributed by atoms with Crippen LogP contribution in [-0.2, 0) is 9.84 Å². The van der Waals surface area contributed by atoms with E-state index in [2.05, 4.69) is 0 Å². The summed E-state index contributed by atoms with van der Waals surface area (Å²) in [5, 5.41) is 0. The molecule has 0 aromatic heterocycles. The van der Waals surface area contributed by atoms with Crippen LogP contribution in [0.2, 0.25) is 0 Å². The monoisotopic (exact) mass is 304 g/mol. The fraction of sp³-hybridized carbons (Fsp3) is 0.538. The minimum Gasteiger partial charge on any atom is -0.330 e. The molecule has 2 rings (SSSR count). The largest absolute Gasteiger partial charge is 0.330 e. The molecule has 1 aliphatic heterocycles. The summed E-state index contributed by atoms with van der Waals surface area (Å²) in [5.74, 6) is -1.80. The summed E-state index contributed by atoms with van der Waals surface area (Å²) in [6, 6.07) is 2.06. The maximum absolute atomic E-state index is 14.4. The number of likely N-dealkylation sites (tertiary alicyclic amines) is 1. The van der Waals surface area contributed by atoms with Crippen LogP contribution in [0.3, 0.4) is 0 Å². The molecule has 1 aromatic rings. The number of nitrogens with two attached hydrogens (primary N) is 1. The third-order valence-corrected chi connectivity index (χ3v) is 4.89. The molecule has 0 radical (unpaired) electrons. The van der Waals surface area contributed by atoms with Gasteiger partial charge in [0.05, 0.1) is 0 Å². The molecule has 1 aliphatic rings.